The summed E-state index contributed by atoms with van der Waals surface area (Å²) in [6, 6.07) is 0. The first-order chi connectivity index (χ1) is 13.1. The molecule has 7 heteroatoms. The van der Waals surface area contributed by atoms with Crippen LogP contribution in [0.5, 0.6) is 0 Å². The Hall–Kier alpha value is -2.02. The van der Waals surface area contributed by atoms with Crippen LogP contribution < -0.4 is 5.56 Å². The fraction of sp³-hybridized carbons (Fsp3) is 0.550. The van der Waals surface area contributed by atoms with Gasteiger partial charge in [-0.2, -0.15) is 11.8 Å². The smallest absolute Gasteiger partial charge is 0.261 e. The second-order valence-electron chi connectivity index (χ2n) is 7.39. The van der Waals surface area contributed by atoms with Crippen LogP contribution in [-0.4, -0.2) is 57.7 Å². The number of allylic oxidation sites excluding steroid dienone is 2. The van der Waals surface area contributed by atoms with Crippen molar-refractivity contribution < 1.29 is 9.59 Å². The maximum atomic E-state index is 13.0. The molecule has 2 aliphatic heterocycles. The topological polar surface area (TPSA) is 73.5 Å². The van der Waals surface area contributed by atoms with E-state index in [1.54, 1.807) is 11.1 Å². The van der Waals surface area contributed by atoms with E-state index in [4.69, 9.17) is 0 Å². The SMILES string of the molecule is O=C(c1c2c(c[nH]c1=O)CN(C(=O)C1CC=CCC1)CC2)N1CCSCC1. The first-order valence-electron chi connectivity index (χ1n) is 9.69. The summed E-state index contributed by atoms with van der Waals surface area (Å²) >= 11 is 1.83. The van der Waals surface area contributed by atoms with E-state index in [0.717, 1.165) is 41.9 Å². The highest BCUT2D eigenvalue weighted by molar-refractivity contribution is 7.99. The number of aromatic nitrogens is 1. The zero-order valence-corrected chi connectivity index (χ0v) is 16.2. The second-order valence-corrected chi connectivity index (χ2v) is 8.62. The number of carbonyl (C=O) groups excluding carboxylic acids is 2. The lowest BCUT2D eigenvalue weighted by Crippen LogP contribution is -2.44. The third-order valence-corrected chi connectivity index (χ3v) is 6.67. The summed E-state index contributed by atoms with van der Waals surface area (Å²) in [4.78, 5) is 44.6. The molecule has 3 aliphatic rings. The molecule has 1 aromatic rings. The molecule has 0 bridgehead atoms. The molecular formula is C20H25N3O3S. The number of hydrogen-bond acceptors (Lipinski definition) is 4. The number of amides is 2. The Labute approximate surface area is 163 Å². The molecule has 1 saturated heterocycles. The molecule has 4 rings (SSSR count). The number of hydrogen-bond donors (Lipinski definition) is 1. The van der Waals surface area contributed by atoms with Gasteiger partial charge >= 0.3 is 0 Å². The normalized spacial score (nSPS) is 22.4. The van der Waals surface area contributed by atoms with Crippen molar-refractivity contribution in [3.8, 4) is 0 Å². The number of aromatic amines is 1. The molecule has 1 unspecified atom stereocenters. The first-order valence-corrected chi connectivity index (χ1v) is 10.8. The van der Waals surface area contributed by atoms with E-state index in [2.05, 4.69) is 17.1 Å². The highest BCUT2D eigenvalue weighted by Gasteiger charge is 2.31. The third kappa shape index (κ3) is 3.70. The molecule has 0 spiro atoms. The number of nitrogens with zero attached hydrogens (tertiary/aromatic N) is 2. The summed E-state index contributed by atoms with van der Waals surface area (Å²) in [7, 11) is 0. The average molecular weight is 388 g/mol. The van der Waals surface area contributed by atoms with Gasteiger partial charge in [0.25, 0.3) is 11.5 Å². The molecule has 0 radical (unpaired) electrons. The predicted octanol–water partition coefficient (Wildman–Crippen LogP) is 1.80. The minimum atomic E-state index is -0.311. The van der Waals surface area contributed by atoms with Gasteiger partial charge in [0.05, 0.1) is 0 Å². The Bertz CT molecular complexity index is 826. The number of rotatable bonds is 2. The number of fused-ring (bicyclic) bond motifs is 1. The highest BCUT2D eigenvalue weighted by Crippen LogP contribution is 2.26. The molecule has 144 valence electrons. The van der Waals surface area contributed by atoms with E-state index < -0.39 is 0 Å². The van der Waals surface area contributed by atoms with Crippen LogP contribution in [0.3, 0.4) is 0 Å². The zero-order chi connectivity index (χ0) is 18.8. The van der Waals surface area contributed by atoms with E-state index in [1.165, 1.54) is 0 Å². The van der Waals surface area contributed by atoms with Crippen LogP contribution in [0.15, 0.2) is 23.1 Å². The lowest BCUT2D eigenvalue weighted by atomic mass is 9.91. The molecule has 27 heavy (non-hydrogen) atoms. The molecule has 3 heterocycles. The van der Waals surface area contributed by atoms with Gasteiger partial charge in [-0.05, 0) is 36.8 Å². The van der Waals surface area contributed by atoms with Gasteiger partial charge in [-0.15, -0.1) is 0 Å². The summed E-state index contributed by atoms with van der Waals surface area (Å²) in [5, 5.41) is 0. The fourth-order valence-electron chi connectivity index (χ4n) is 4.18. The highest BCUT2D eigenvalue weighted by atomic mass is 32.2. The van der Waals surface area contributed by atoms with Crippen LogP contribution in [0.25, 0.3) is 0 Å². The molecule has 2 amide bonds. The minimum absolute atomic E-state index is 0.0614. The predicted molar refractivity (Wildman–Crippen MR) is 106 cm³/mol. The molecule has 1 fully saturated rings. The maximum absolute atomic E-state index is 13.0. The van der Waals surface area contributed by atoms with E-state index in [9.17, 15) is 14.4 Å². The molecule has 6 nitrogen and oxygen atoms in total. The molecule has 0 aromatic carbocycles. The third-order valence-electron chi connectivity index (χ3n) is 5.73. The van der Waals surface area contributed by atoms with Gasteiger partial charge in [0, 0.05) is 49.8 Å². The number of H-pyrrole nitrogens is 1. The van der Waals surface area contributed by atoms with Crippen LogP contribution in [0.1, 0.15) is 40.7 Å². The van der Waals surface area contributed by atoms with Crippen molar-refractivity contribution in [2.45, 2.75) is 32.2 Å². The maximum Gasteiger partial charge on any atom is 0.261 e. The Morgan fingerprint density at radius 2 is 1.93 bits per heavy atom. The standard InChI is InChI=1S/C20H25N3O3S/c24-18-17(20(26)22-8-10-27-11-9-22)16-6-7-23(13-15(16)12-21-18)19(25)14-4-2-1-3-5-14/h1-2,12,14H,3-11,13H2,(H,21,24). The van der Waals surface area contributed by atoms with Crippen molar-refractivity contribution in [2.75, 3.05) is 31.1 Å². The molecule has 1 atom stereocenters. The number of nitrogens with one attached hydrogen (secondary N) is 1. The van der Waals surface area contributed by atoms with Gasteiger partial charge in [0.2, 0.25) is 5.91 Å². The van der Waals surface area contributed by atoms with E-state index in [1.807, 2.05) is 16.7 Å². The summed E-state index contributed by atoms with van der Waals surface area (Å²) in [5.41, 5.74) is 1.70. The second kappa shape index (κ2) is 7.92. The van der Waals surface area contributed by atoms with Gasteiger partial charge in [0.15, 0.2) is 0 Å². The van der Waals surface area contributed by atoms with Crippen molar-refractivity contribution in [1.82, 2.24) is 14.8 Å². The summed E-state index contributed by atoms with van der Waals surface area (Å²) in [6.07, 6.45) is 9.15. The van der Waals surface area contributed by atoms with Crippen molar-refractivity contribution in [3.63, 3.8) is 0 Å². The lowest BCUT2D eigenvalue weighted by Gasteiger charge is -2.33. The largest absolute Gasteiger partial charge is 0.338 e. The van der Waals surface area contributed by atoms with Crippen molar-refractivity contribution in [2.24, 2.45) is 5.92 Å². The van der Waals surface area contributed by atoms with Crippen LogP contribution >= 0.6 is 11.8 Å². The van der Waals surface area contributed by atoms with Crippen LogP contribution in [0.4, 0.5) is 0 Å². The zero-order valence-electron chi connectivity index (χ0n) is 15.4. The Kier molecular flexibility index (Phi) is 5.38. The number of carbonyl (C=O) groups is 2. The molecular weight excluding hydrogens is 362 g/mol. The molecule has 1 aromatic heterocycles. The summed E-state index contributed by atoms with van der Waals surface area (Å²) in [6.45, 7) is 2.42. The minimum Gasteiger partial charge on any atom is -0.338 e. The molecule has 1 aliphatic carbocycles. The monoisotopic (exact) mass is 387 g/mol. The summed E-state index contributed by atoms with van der Waals surface area (Å²) in [5.74, 6) is 1.92. The van der Waals surface area contributed by atoms with E-state index in [0.29, 0.717) is 32.6 Å². The molecule has 1 N–H and O–H groups in total. The van der Waals surface area contributed by atoms with Crippen LogP contribution in [0.2, 0.25) is 0 Å². The Balaban J connectivity index is 1.56. The Morgan fingerprint density at radius 3 is 2.67 bits per heavy atom. The van der Waals surface area contributed by atoms with Crippen molar-refractivity contribution in [3.05, 3.63) is 45.4 Å². The lowest BCUT2D eigenvalue weighted by molar-refractivity contribution is -0.136. The van der Waals surface area contributed by atoms with Gasteiger partial charge in [-0.3, -0.25) is 14.4 Å². The Morgan fingerprint density at radius 1 is 1.11 bits per heavy atom. The van der Waals surface area contributed by atoms with Gasteiger partial charge in [0.1, 0.15) is 5.56 Å². The average Bonchev–Trinajstić information content (AvgIpc) is 2.73. The first kappa shape index (κ1) is 18.3. The fourth-order valence-corrected chi connectivity index (χ4v) is 5.09. The van der Waals surface area contributed by atoms with Gasteiger partial charge in [-0.1, -0.05) is 12.2 Å². The summed E-state index contributed by atoms with van der Waals surface area (Å²) < 4.78 is 0. The van der Waals surface area contributed by atoms with Gasteiger partial charge < -0.3 is 14.8 Å². The van der Waals surface area contributed by atoms with Crippen LogP contribution in [0, 0.1) is 5.92 Å². The van der Waals surface area contributed by atoms with Gasteiger partial charge in [-0.25, -0.2) is 0 Å². The van der Waals surface area contributed by atoms with Crippen molar-refractivity contribution in [1.29, 1.82) is 0 Å². The number of pyridine rings is 1. The van der Waals surface area contributed by atoms with Crippen LogP contribution in [-0.2, 0) is 17.8 Å². The van der Waals surface area contributed by atoms with E-state index in [-0.39, 0.29) is 28.9 Å². The number of thioether (sulfide) groups is 1. The quantitative estimate of drug-likeness (QED) is 0.786. The van der Waals surface area contributed by atoms with E-state index >= 15 is 0 Å². The molecule has 0 saturated carbocycles. The van der Waals surface area contributed by atoms with Crippen molar-refractivity contribution >= 4 is 23.6 Å².